The van der Waals surface area contributed by atoms with E-state index >= 15 is 0 Å². The molecule has 0 bridgehead atoms. The number of thiophene rings is 1. The van der Waals surface area contributed by atoms with Gasteiger partial charge in [-0.1, -0.05) is 0 Å². The van der Waals surface area contributed by atoms with E-state index < -0.39 is 34.7 Å². The Morgan fingerprint density at radius 2 is 1.91 bits per heavy atom. The molecule has 1 aromatic carbocycles. The Bertz CT molecular complexity index is 1330. The molecule has 3 aromatic rings. The highest BCUT2D eigenvalue weighted by Crippen LogP contribution is 2.20. The van der Waals surface area contributed by atoms with Crippen molar-refractivity contribution in [2.24, 2.45) is 5.92 Å². The van der Waals surface area contributed by atoms with Crippen molar-refractivity contribution in [2.45, 2.75) is 26.3 Å². The minimum absolute atomic E-state index is 0.175. The van der Waals surface area contributed by atoms with E-state index in [4.69, 9.17) is 4.74 Å². The number of carbonyl (C=O) groups is 2. The zero-order valence-electron chi connectivity index (χ0n) is 17.8. The van der Waals surface area contributed by atoms with Gasteiger partial charge in [0, 0.05) is 19.2 Å². The molecule has 2 aromatic heterocycles. The fourth-order valence-corrected chi connectivity index (χ4v) is 4.85. The van der Waals surface area contributed by atoms with E-state index in [9.17, 15) is 28.0 Å². The van der Waals surface area contributed by atoms with Gasteiger partial charge in [0.05, 0.1) is 23.7 Å². The zero-order chi connectivity index (χ0) is 23.7. The maximum Gasteiger partial charge on any atom is 0.336 e. The lowest BCUT2D eigenvalue weighted by atomic mass is 9.98. The highest BCUT2D eigenvalue weighted by molar-refractivity contribution is 7.17. The fraction of sp³-hybridized carbons (Fsp3) is 0.364. The normalized spacial score (nSPS) is 16.2. The number of fused-ring (bicyclic) bond motifs is 1. The molecule has 0 radical (unpaired) electrons. The van der Waals surface area contributed by atoms with E-state index in [2.05, 4.69) is 0 Å². The number of benzene rings is 1. The zero-order valence-corrected chi connectivity index (χ0v) is 18.6. The molecular formula is C22H21F2N3O5S. The molecule has 4 rings (SSSR count). The summed E-state index contributed by atoms with van der Waals surface area (Å²) < 4.78 is 34.6. The number of aromatic nitrogens is 2. The molecule has 1 aliphatic rings. The minimum Gasteiger partial charge on any atom is -0.466 e. The average Bonchev–Trinajstić information content (AvgIpc) is 3.26. The first-order valence-electron chi connectivity index (χ1n) is 10.4. The van der Waals surface area contributed by atoms with Crippen LogP contribution in [-0.2, 0) is 20.9 Å². The molecule has 0 aliphatic carbocycles. The number of nitrogens with zero attached hydrogens (tertiary/aromatic N) is 3. The first-order chi connectivity index (χ1) is 15.8. The van der Waals surface area contributed by atoms with Gasteiger partial charge in [0.2, 0.25) is 5.91 Å². The summed E-state index contributed by atoms with van der Waals surface area (Å²) in [5.74, 6) is -3.10. The van der Waals surface area contributed by atoms with Crippen LogP contribution in [0.4, 0.5) is 8.78 Å². The van der Waals surface area contributed by atoms with Crippen LogP contribution >= 0.6 is 11.3 Å². The monoisotopic (exact) mass is 477 g/mol. The first-order valence-corrected chi connectivity index (χ1v) is 11.3. The highest BCUT2D eigenvalue weighted by atomic mass is 32.1. The van der Waals surface area contributed by atoms with Crippen LogP contribution in [0.1, 0.15) is 19.8 Å². The predicted molar refractivity (Wildman–Crippen MR) is 118 cm³/mol. The van der Waals surface area contributed by atoms with E-state index in [0.29, 0.717) is 30.0 Å². The third kappa shape index (κ3) is 4.45. The fourth-order valence-electron chi connectivity index (χ4n) is 4.03. The Balaban J connectivity index is 1.72. The average molecular weight is 477 g/mol. The van der Waals surface area contributed by atoms with Gasteiger partial charge in [-0.15, -0.1) is 11.3 Å². The van der Waals surface area contributed by atoms with E-state index in [1.807, 2.05) is 0 Å². The number of hydrogen-bond acceptors (Lipinski definition) is 6. The summed E-state index contributed by atoms with van der Waals surface area (Å²) in [7, 11) is 0. The Morgan fingerprint density at radius 3 is 2.61 bits per heavy atom. The van der Waals surface area contributed by atoms with Crippen molar-refractivity contribution in [1.82, 2.24) is 14.0 Å². The van der Waals surface area contributed by atoms with Crippen LogP contribution in [0.3, 0.4) is 0 Å². The van der Waals surface area contributed by atoms with Crippen molar-refractivity contribution in [3.8, 4) is 5.69 Å². The molecular weight excluding hydrogens is 456 g/mol. The summed E-state index contributed by atoms with van der Waals surface area (Å²) >= 11 is 1.06. The van der Waals surface area contributed by atoms with E-state index in [1.54, 1.807) is 18.4 Å². The van der Waals surface area contributed by atoms with Gasteiger partial charge in [-0.25, -0.2) is 18.1 Å². The molecule has 11 heteroatoms. The Hall–Kier alpha value is -3.34. The molecule has 1 atom stereocenters. The topological polar surface area (TPSA) is 90.6 Å². The van der Waals surface area contributed by atoms with Crippen LogP contribution in [0.25, 0.3) is 15.9 Å². The molecule has 1 fully saturated rings. The number of amides is 1. The predicted octanol–water partition coefficient (Wildman–Crippen LogP) is 2.29. The number of esters is 1. The summed E-state index contributed by atoms with van der Waals surface area (Å²) in [6, 6.07) is 3.94. The van der Waals surface area contributed by atoms with Gasteiger partial charge >= 0.3 is 11.7 Å². The van der Waals surface area contributed by atoms with Crippen LogP contribution in [-0.4, -0.2) is 45.6 Å². The first kappa shape index (κ1) is 22.8. The molecule has 174 valence electrons. The van der Waals surface area contributed by atoms with Crippen molar-refractivity contribution in [1.29, 1.82) is 0 Å². The largest absolute Gasteiger partial charge is 0.466 e. The lowest BCUT2D eigenvalue weighted by molar-refractivity contribution is -0.151. The van der Waals surface area contributed by atoms with Gasteiger partial charge in [0.25, 0.3) is 5.56 Å². The summed E-state index contributed by atoms with van der Waals surface area (Å²) in [5.41, 5.74) is -1.61. The smallest absolute Gasteiger partial charge is 0.336 e. The van der Waals surface area contributed by atoms with Gasteiger partial charge in [-0.2, -0.15) is 0 Å². The van der Waals surface area contributed by atoms with Crippen LogP contribution < -0.4 is 11.2 Å². The van der Waals surface area contributed by atoms with Gasteiger partial charge in [0.15, 0.2) is 0 Å². The molecule has 8 nitrogen and oxygen atoms in total. The lowest BCUT2D eigenvalue weighted by Crippen LogP contribution is -2.46. The Kier molecular flexibility index (Phi) is 6.41. The van der Waals surface area contributed by atoms with Gasteiger partial charge in [-0.05, 0) is 43.3 Å². The standard InChI is InChI=1S/C22H21F2N3O5S/c1-2-32-21(30)13-4-3-6-25(11-13)18(28)12-26-17-5-7-33-19(17)20(29)27(22(26)31)16-9-14(23)8-15(24)10-16/h5,7-10,13H,2-4,6,11-12H2,1H3. The number of halogens is 2. The maximum atomic E-state index is 13.8. The molecule has 1 saturated heterocycles. The summed E-state index contributed by atoms with van der Waals surface area (Å²) in [5, 5.41) is 1.60. The van der Waals surface area contributed by atoms with Crippen LogP contribution in [0.5, 0.6) is 0 Å². The van der Waals surface area contributed by atoms with Crippen molar-refractivity contribution in [3.05, 3.63) is 62.1 Å². The number of rotatable bonds is 5. The summed E-state index contributed by atoms with van der Waals surface area (Å²) in [6.45, 7) is 2.16. The van der Waals surface area contributed by atoms with Crippen LogP contribution in [0.15, 0.2) is 39.2 Å². The second kappa shape index (κ2) is 9.26. The van der Waals surface area contributed by atoms with E-state index in [-0.39, 0.29) is 41.6 Å². The molecule has 3 heterocycles. The van der Waals surface area contributed by atoms with Crippen molar-refractivity contribution in [2.75, 3.05) is 19.7 Å². The molecule has 0 spiro atoms. The van der Waals surface area contributed by atoms with Crippen molar-refractivity contribution < 1.29 is 23.1 Å². The molecule has 0 N–H and O–H groups in total. The lowest BCUT2D eigenvalue weighted by Gasteiger charge is -2.31. The number of likely N-dealkylation sites (tertiary alicyclic amines) is 1. The number of piperidine rings is 1. The van der Waals surface area contributed by atoms with E-state index in [1.165, 1.54) is 4.90 Å². The molecule has 33 heavy (non-hydrogen) atoms. The highest BCUT2D eigenvalue weighted by Gasteiger charge is 2.30. The van der Waals surface area contributed by atoms with Crippen LogP contribution in [0, 0.1) is 17.6 Å². The summed E-state index contributed by atoms with van der Waals surface area (Å²) in [4.78, 5) is 52.8. The van der Waals surface area contributed by atoms with Gasteiger partial charge in [0.1, 0.15) is 22.9 Å². The van der Waals surface area contributed by atoms with Crippen molar-refractivity contribution >= 4 is 33.4 Å². The molecule has 0 saturated carbocycles. The summed E-state index contributed by atoms with van der Waals surface area (Å²) in [6.07, 6.45) is 1.22. The quantitative estimate of drug-likeness (QED) is 0.526. The second-order valence-corrected chi connectivity index (χ2v) is 8.62. The number of hydrogen-bond donors (Lipinski definition) is 0. The SMILES string of the molecule is CCOC(=O)C1CCCN(C(=O)Cn2c(=O)n(-c3cc(F)cc(F)c3)c(=O)c3sccc32)C1. The maximum absolute atomic E-state index is 13.8. The van der Waals surface area contributed by atoms with Crippen molar-refractivity contribution in [3.63, 3.8) is 0 Å². The minimum atomic E-state index is -0.941. The number of carbonyl (C=O) groups excluding carboxylic acids is 2. The van der Waals surface area contributed by atoms with Gasteiger partial charge < -0.3 is 9.64 Å². The van der Waals surface area contributed by atoms with E-state index in [0.717, 1.165) is 28.0 Å². The molecule has 1 unspecified atom stereocenters. The van der Waals surface area contributed by atoms with Gasteiger partial charge in [-0.3, -0.25) is 19.0 Å². The number of ether oxygens (including phenoxy) is 1. The molecule has 1 aliphatic heterocycles. The Morgan fingerprint density at radius 1 is 1.18 bits per heavy atom. The second-order valence-electron chi connectivity index (χ2n) is 7.70. The van der Waals surface area contributed by atoms with Crippen LogP contribution in [0.2, 0.25) is 0 Å². The third-order valence-corrected chi connectivity index (χ3v) is 6.44. The third-order valence-electron chi connectivity index (χ3n) is 5.55. The Labute approximate surface area is 190 Å². The molecule has 1 amide bonds.